The zero-order valence-electron chi connectivity index (χ0n) is 13.7. The second-order valence-electron chi connectivity index (χ2n) is 5.52. The monoisotopic (exact) mass is 389 g/mol. The Bertz CT molecular complexity index is 1110. The third-order valence-corrected chi connectivity index (χ3v) is 5.88. The third-order valence-electron chi connectivity index (χ3n) is 3.51. The van der Waals surface area contributed by atoms with Gasteiger partial charge in [-0.05, 0) is 36.4 Å². The van der Waals surface area contributed by atoms with Crippen molar-refractivity contribution in [1.82, 2.24) is 10.2 Å². The van der Waals surface area contributed by atoms with Crippen LogP contribution >= 0.6 is 0 Å². The summed E-state index contributed by atoms with van der Waals surface area (Å²) in [5, 5.41) is 7.49. The van der Waals surface area contributed by atoms with Gasteiger partial charge in [-0.25, -0.2) is 16.8 Å². The number of anilines is 1. The number of nitrogens with one attached hydrogen (secondary N) is 1. The molecule has 2 aromatic carbocycles. The SMILES string of the molecule is CS(=O)(=O)c1ccc(-c2ccc(NS(=O)(=O)c3ccccc3)cc2)nn1. The first-order valence-electron chi connectivity index (χ1n) is 7.48. The van der Waals surface area contributed by atoms with Crippen LogP contribution in [0.5, 0.6) is 0 Å². The van der Waals surface area contributed by atoms with Crippen LogP contribution in [0.2, 0.25) is 0 Å². The van der Waals surface area contributed by atoms with Gasteiger partial charge in [0, 0.05) is 17.5 Å². The quantitative estimate of drug-likeness (QED) is 0.718. The summed E-state index contributed by atoms with van der Waals surface area (Å²) >= 11 is 0. The van der Waals surface area contributed by atoms with Crippen LogP contribution in [0.3, 0.4) is 0 Å². The molecule has 0 fully saturated rings. The van der Waals surface area contributed by atoms with Crippen LogP contribution in [0.15, 0.2) is 76.7 Å². The van der Waals surface area contributed by atoms with Crippen molar-refractivity contribution in [3.8, 4) is 11.3 Å². The number of sulfone groups is 1. The summed E-state index contributed by atoms with van der Waals surface area (Å²) < 4.78 is 49.9. The maximum Gasteiger partial charge on any atom is 0.261 e. The van der Waals surface area contributed by atoms with Gasteiger partial charge < -0.3 is 0 Å². The Morgan fingerprint density at radius 3 is 1.96 bits per heavy atom. The molecule has 0 radical (unpaired) electrons. The van der Waals surface area contributed by atoms with Gasteiger partial charge >= 0.3 is 0 Å². The lowest BCUT2D eigenvalue weighted by atomic mass is 10.1. The van der Waals surface area contributed by atoms with Crippen LogP contribution in [0.1, 0.15) is 0 Å². The van der Waals surface area contributed by atoms with Gasteiger partial charge in [0.2, 0.25) is 0 Å². The number of benzene rings is 2. The molecule has 0 spiro atoms. The molecule has 0 bridgehead atoms. The van der Waals surface area contributed by atoms with Crippen molar-refractivity contribution in [2.24, 2.45) is 0 Å². The Balaban J connectivity index is 1.81. The fourth-order valence-corrected chi connectivity index (χ4v) is 3.78. The maximum atomic E-state index is 12.3. The van der Waals surface area contributed by atoms with E-state index in [9.17, 15) is 16.8 Å². The third kappa shape index (κ3) is 4.06. The number of aromatic nitrogens is 2. The molecule has 0 aliphatic carbocycles. The normalized spacial score (nSPS) is 11.9. The molecule has 0 aliphatic heterocycles. The van der Waals surface area contributed by atoms with E-state index < -0.39 is 19.9 Å². The van der Waals surface area contributed by atoms with Crippen LogP contribution in [0.4, 0.5) is 5.69 Å². The molecule has 0 saturated carbocycles. The molecule has 1 N–H and O–H groups in total. The first-order chi connectivity index (χ1) is 12.3. The zero-order chi connectivity index (χ0) is 18.8. The molecule has 3 rings (SSSR count). The molecule has 1 aromatic heterocycles. The van der Waals surface area contributed by atoms with Crippen LogP contribution < -0.4 is 4.72 Å². The van der Waals surface area contributed by atoms with E-state index >= 15 is 0 Å². The first kappa shape index (κ1) is 18.0. The van der Waals surface area contributed by atoms with Gasteiger partial charge in [0.1, 0.15) is 0 Å². The molecule has 3 aromatic rings. The Kier molecular flexibility index (Phi) is 4.75. The van der Waals surface area contributed by atoms with Gasteiger partial charge in [0.15, 0.2) is 14.9 Å². The molecule has 7 nitrogen and oxygen atoms in total. The molecule has 1 heterocycles. The summed E-state index contributed by atoms with van der Waals surface area (Å²) in [6.07, 6.45) is 1.06. The number of rotatable bonds is 5. The number of hydrogen-bond acceptors (Lipinski definition) is 6. The van der Waals surface area contributed by atoms with Gasteiger partial charge in [-0.2, -0.15) is 0 Å². The van der Waals surface area contributed by atoms with Crippen molar-refractivity contribution >= 4 is 25.5 Å². The minimum Gasteiger partial charge on any atom is -0.280 e. The van der Waals surface area contributed by atoms with Gasteiger partial charge in [-0.3, -0.25) is 4.72 Å². The van der Waals surface area contributed by atoms with Crippen LogP contribution in [-0.4, -0.2) is 33.3 Å². The maximum absolute atomic E-state index is 12.3. The van der Waals surface area contributed by atoms with Crippen molar-refractivity contribution < 1.29 is 16.8 Å². The average Bonchev–Trinajstić information content (AvgIpc) is 2.62. The predicted molar refractivity (Wildman–Crippen MR) is 97.8 cm³/mol. The Hall–Kier alpha value is -2.78. The van der Waals surface area contributed by atoms with E-state index in [1.165, 1.54) is 18.2 Å². The Morgan fingerprint density at radius 2 is 1.42 bits per heavy atom. The molecular formula is C17H15N3O4S2. The molecular weight excluding hydrogens is 374 g/mol. The highest BCUT2D eigenvalue weighted by Crippen LogP contribution is 2.21. The first-order valence-corrected chi connectivity index (χ1v) is 10.9. The molecule has 0 unspecified atom stereocenters. The Morgan fingerprint density at radius 1 is 0.769 bits per heavy atom. The molecule has 9 heteroatoms. The van der Waals surface area contributed by atoms with E-state index in [2.05, 4.69) is 14.9 Å². The highest BCUT2D eigenvalue weighted by Gasteiger charge is 2.14. The Labute approximate surface area is 151 Å². The van der Waals surface area contributed by atoms with Crippen molar-refractivity contribution in [2.45, 2.75) is 9.92 Å². The molecule has 0 amide bonds. The highest BCUT2D eigenvalue weighted by molar-refractivity contribution is 7.92. The van der Waals surface area contributed by atoms with Gasteiger partial charge in [0.25, 0.3) is 10.0 Å². The largest absolute Gasteiger partial charge is 0.280 e. The fraction of sp³-hybridized carbons (Fsp3) is 0.0588. The topological polar surface area (TPSA) is 106 Å². The molecule has 26 heavy (non-hydrogen) atoms. The summed E-state index contributed by atoms with van der Waals surface area (Å²) in [7, 11) is -7.06. The molecule has 134 valence electrons. The smallest absolute Gasteiger partial charge is 0.261 e. The summed E-state index contributed by atoms with van der Waals surface area (Å²) in [6, 6.07) is 17.5. The number of hydrogen-bond donors (Lipinski definition) is 1. The average molecular weight is 389 g/mol. The molecule has 0 saturated heterocycles. The van der Waals surface area contributed by atoms with Crippen molar-refractivity contribution in [3.05, 3.63) is 66.7 Å². The minimum atomic E-state index is -3.66. The van der Waals surface area contributed by atoms with E-state index in [4.69, 9.17) is 0 Å². The highest BCUT2D eigenvalue weighted by atomic mass is 32.2. The number of sulfonamides is 1. The number of nitrogens with zero attached hydrogens (tertiary/aromatic N) is 2. The predicted octanol–water partition coefficient (Wildman–Crippen LogP) is 2.35. The lowest BCUT2D eigenvalue weighted by molar-refractivity contribution is 0.595. The van der Waals surface area contributed by atoms with Crippen molar-refractivity contribution in [3.63, 3.8) is 0 Å². The summed E-state index contributed by atoms with van der Waals surface area (Å²) in [5.41, 5.74) is 1.56. The van der Waals surface area contributed by atoms with Gasteiger partial charge in [-0.1, -0.05) is 30.3 Å². The van der Waals surface area contributed by atoms with Crippen LogP contribution in [-0.2, 0) is 19.9 Å². The van der Waals surface area contributed by atoms with Crippen LogP contribution in [0.25, 0.3) is 11.3 Å². The molecule has 0 aliphatic rings. The van der Waals surface area contributed by atoms with Crippen molar-refractivity contribution in [2.75, 3.05) is 11.0 Å². The van der Waals surface area contributed by atoms with Crippen LogP contribution in [0, 0.1) is 0 Å². The lowest BCUT2D eigenvalue weighted by Crippen LogP contribution is -2.12. The van der Waals surface area contributed by atoms with E-state index in [1.807, 2.05) is 0 Å². The second-order valence-corrected chi connectivity index (χ2v) is 9.17. The lowest BCUT2D eigenvalue weighted by Gasteiger charge is -2.08. The summed E-state index contributed by atoms with van der Waals surface area (Å²) in [6.45, 7) is 0. The molecule has 0 atom stereocenters. The van der Waals surface area contributed by atoms with E-state index in [0.717, 1.165) is 6.26 Å². The van der Waals surface area contributed by atoms with Gasteiger partial charge in [0.05, 0.1) is 10.6 Å². The standard InChI is InChI=1S/C17H15N3O4S2/c1-25(21,22)17-12-11-16(18-19-17)13-7-9-14(10-8-13)20-26(23,24)15-5-3-2-4-6-15/h2-12,20H,1H3. The summed E-state index contributed by atoms with van der Waals surface area (Å²) in [5.74, 6) is 0. The zero-order valence-corrected chi connectivity index (χ0v) is 15.3. The van der Waals surface area contributed by atoms with E-state index in [1.54, 1.807) is 48.5 Å². The minimum absolute atomic E-state index is 0.103. The van der Waals surface area contributed by atoms with E-state index in [0.29, 0.717) is 16.9 Å². The fourth-order valence-electron chi connectivity index (χ4n) is 2.19. The van der Waals surface area contributed by atoms with Crippen molar-refractivity contribution in [1.29, 1.82) is 0 Å². The van der Waals surface area contributed by atoms with E-state index in [-0.39, 0.29) is 9.92 Å². The summed E-state index contributed by atoms with van der Waals surface area (Å²) in [4.78, 5) is 0.173. The second kappa shape index (κ2) is 6.85. The van der Waals surface area contributed by atoms with Gasteiger partial charge in [-0.15, -0.1) is 10.2 Å².